The lowest BCUT2D eigenvalue weighted by Gasteiger charge is -2.17. The van der Waals surface area contributed by atoms with E-state index >= 15 is 0 Å². The van der Waals surface area contributed by atoms with Crippen LogP contribution in [-0.2, 0) is 11.3 Å². The van der Waals surface area contributed by atoms with Crippen molar-refractivity contribution in [2.24, 2.45) is 0 Å². The number of hydrogen-bond acceptors (Lipinski definition) is 6. The molecule has 0 aliphatic carbocycles. The van der Waals surface area contributed by atoms with Crippen molar-refractivity contribution >= 4 is 17.7 Å². The van der Waals surface area contributed by atoms with E-state index in [9.17, 15) is 4.79 Å². The van der Waals surface area contributed by atoms with Crippen molar-refractivity contribution in [1.82, 2.24) is 15.1 Å². The van der Waals surface area contributed by atoms with E-state index in [-0.39, 0.29) is 11.7 Å². The normalized spacial score (nSPS) is 10.7. The van der Waals surface area contributed by atoms with Gasteiger partial charge in [0.25, 0.3) is 5.22 Å². The molecule has 3 aromatic rings. The van der Waals surface area contributed by atoms with Gasteiger partial charge in [-0.3, -0.25) is 4.79 Å². The van der Waals surface area contributed by atoms with Gasteiger partial charge in [-0.2, -0.15) is 0 Å². The number of nitrogens with zero attached hydrogens (tertiary/aromatic N) is 3. The molecule has 1 amide bonds. The van der Waals surface area contributed by atoms with Gasteiger partial charge in [0.05, 0.1) is 12.4 Å². The summed E-state index contributed by atoms with van der Waals surface area (Å²) in [7, 11) is 1.78. The highest BCUT2D eigenvalue weighted by Crippen LogP contribution is 2.23. The van der Waals surface area contributed by atoms with Gasteiger partial charge in [0.1, 0.15) is 5.75 Å². The maximum absolute atomic E-state index is 12.4. The molecule has 28 heavy (non-hydrogen) atoms. The fourth-order valence-electron chi connectivity index (χ4n) is 2.53. The number of amides is 1. The summed E-state index contributed by atoms with van der Waals surface area (Å²) in [5.74, 6) is 1.52. The number of hydrogen-bond donors (Lipinski definition) is 0. The molecule has 0 fully saturated rings. The molecule has 0 aliphatic rings. The monoisotopic (exact) mass is 397 g/mol. The lowest BCUT2D eigenvalue weighted by molar-refractivity contribution is -0.127. The van der Waals surface area contributed by atoms with E-state index in [1.165, 1.54) is 17.3 Å². The summed E-state index contributed by atoms with van der Waals surface area (Å²) in [4.78, 5) is 14.1. The standard InChI is InChI=1S/C21H23N3O3S/c1-4-26-18-11-7-16(8-12-18)13-24(3)19(25)14-28-21-23-22-20(27-21)17-9-5-15(2)6-10-17/h5-12H,4,13-14H2,1-3H3. The van der Waals surface area contributed by atoms with E-state index in [0.717, 1.165) is 16.9 Å². The molecule has 0 unspecified atom stereocenters. The Bertz CT molecular complexity index is 907. The zero-order chi connectivity index (χ0) is 19.9. The molecule has 7 heteroatoms. The Balaban J connectivity index is 1.51. The number of thioether (sulfide) groups is 1. The van der Waals surface area contributed by atoms with Crippen LogP contribution in [0.25, 0.3) is 11.5 Å². The van der Waals surface area contributed by atoms with Crippen LogP contribution in [0.2, 0.25) is 0 Å². The molecule has 0 atom stereocenters. The Hall–Kier alpha value is -2.80. The Morgan fingerprint density at radius 2 is 1.82 bits per heavy atom. The van der Waals surface area contributed by atoms with Gasteiger partial charge in [0.2, 0.25) is 11.8 Å². The SMILES string of the molecule is CCOc1ccc(CN(C)C(=O)CSc2nnc(-c3ccc(C)cc3)o2)cc1. The van der Waals surface area contributed by atoms with Crippen molar-refractivity contribution in [2.75, 3.05) is 19.4 Å². The van der Waals surface area contributed by atoms with Crippen molar-refractivity contribution in [3.63, 3.8) is 0 Å². The first-order valence-electron chi connectivity index (χ1n) is 9.04. The maximum atomic E-state index is 12.4. The number of aryl methyl sites for hydroxylation is 1. The smallest absolute Gasteiger partial charge is 0.277 e. The largest absolute Gasteiger partial charge is 0.494 e. The third-order valence-corrected chi connectivity index (χ3v) is 4.91. The summed E-state index contributed by atoms with van der Waals surface area (Å²) in [5.41, 5.74) is 3.08. The van der Waals surface area contributed by atoms with Gasteiger partial charge in [0, 0.05) is 19.2 Å². The second kappa shape index (κ2) is 9.41. The fraction of sp³-hybridized carbons (Fsp3) is 0.286. The predicted molar refractivity (Wildman–Crippen MR) is 109 cm³/mol. The number of ether oxygens (including phenoxy) is 1. The average molecular weight is 398 g/mol. The van der Waals surface area contributed by atoms with Gasteiger partial charge >= 0.3 is 0 Å². The first-order chi connectivity index (χ1) is 13.5. The minimum absolute atomic E-state index is 0.00558. The number of rotatable bonds is 8. The van der Waals surface area contributed by atoms with Crippen molar-refractivity contribution < 1.29 is 13.9 Å². The molecule has 1 aromatic heterocycles. The van der Waals surface area contributed by atoms with E-state index in [0.29, 0.717) is 24.3 Å². The second-order valence-corrected chi connectivity index (χ2v) is 7.28. The number of aromatic nitrogens is 2. The Kier molecular flexibility index (Phi) is 6.71. The summed E-state index contributed by atoms with van der Waals surface area (Å²) in [6.45, 7) is 5.14. The van der Waals surface area contributed by atoms with Crippen molar-refractivity contribution in [2.45, 2.75) is 25.6 Å². The molecule has 1 heterocycles. The lowest BCUT2D eigenvalue weighted by Crippen LogP contribution is -2.27. The lowest BCUT2D eigenvalue weighted by atomic mass is 10.1. The fourth-order valence-corrected chi connectivity index (χ4v) is 3.24. The van der Waals surface area contributed by atoms with Gasteiger partial charge in [-0.25, -0.2) is 0 Å². The van der Waals surface area contributed by atoms with Gasteiger partial charge in [0.15, 0.2) is 0 Å². The predicted octanol–water partition coefficient (Wildman–Crippen LogP) is 4.19. The van der Waals surface area contributed by atoms with Crippen LogP contribution in [0.3, 0.4) is 0 Å². The van der Waals surface area contributed by atoms with Crippen LogP contribution in [0.4, 0.5) is 0 Å². The van der Waals surface area contributed by atoms with E-state index in [1.54, 1.807) is 11.9 Å². The van der Waals surface area contributed by atoms with Crippen LogP contribution in [0.1, 0.15) is 18.1 Å². The number of carbonyl (C=O) groups excluding carboxylic acids is 1. The van der Waals surface area contributed by atoms with Crippen molar-refractivity contribution in [3.8, 4) is 17.2 Å². The zero-order valence-corrected chi connectivity index (χ0v) is 17.0. The van der Waals surface area contributed by atoms with Crippen LogP contribution in [0.5, 0.6) is 5.75 Å². The van der Waals surface area contributed by atoms with Crippen LogP contribution < -0.4 is 4.74 Å². The van der Waals surface area contributed by atoms with E-state index in [1.807, 2.05) is 62.4 Å². The Morgan fingerprint density at radius 3 is 2.50 bits per heavy atom. The molecule has 6 nitrogen and oxygen atoms in total. The molecule has 3 rings (SSSR count). The molecule has 146 valence electrons. The van der Waals surface area contributed by atoms with Crippen LogP contribution in [-0.4, -0.2) is 40.4 Å². The van der Waals surface area contributed by atoms with Gasteiger partial charge in [-0.05, 0) is 43.7 Å². The van der Waals surface area contributed by atoms with Crippen LogP contribution in [0.15, 0.2) is 58.2 Å². The van der Waals surface area contributed by atoms with E-state index in [4.69, 9.17) is 9.15 Å². The topological polar surface area (TPSA) is 68.5 Å². The maximum Gasteiger partial charge on any atom is 0.277 e. The highest BCUT2D eigenvalue weighted by molar-refractivity contribution is 7.99. The number of carbonyl (C=O) groups is 1. The molecule has 0 saturated heterocycles. The summed E-state index contributed by atoms with van der Waals surface area (Å²) < 4.78 is 11.1. The van der Waals surface area contributed by atoms with Gasteiger partial charge < -0.3 is 14.1 Å². The first-order valence-corrected chi connectivity index (χ1v) is 10.0. The number of benzene rings is 2. The van der Waals surface area contributed by atoms with E-state index in [2.05, 4.69) is 10.2 Å². The summed E-state index contributed by atoms with van der Waals surface area (Å²) >= 11 is 1.24. The summed E-state index contributed by atoms with van der Waals surface area (Å²) in [6, 6.07) is 15.6. The average Bonchev–Trinajstić information content (AvgIpc) is 3.17. The third kappa shape index (κ3) is 5.36. The minimum atomic E-state index is -0.00558. The molecular formula is C21H23N3O3S. The molecule has 0 bridgehead atoms. The van der Waals surface area contributed by atoms with Crippen LogP contribution >= 0.6 is 11.8 Å². The highest BCUT2D eigenvalue weighted by Gasteiger charge is 2.14. The van der Waals surface area contributed by atoms with Crippen LogP contribution in [0, 0.1) is 6.92 Å². The van der Waals surface area contributed by atoms with Crippen molar-refractivity contribution in [1.29, 1.82) is 0 Å². The minimum Gasteiger partial charge on any atom is -0.494 e. The van der Waals surface area contributed by atoms with Crippen molar-refractivity contribution in [3.05, 3.63) is 59.7 Å². The van der Waals surface area contributed by atoms with Gasteiger partial charge in [-0.1, -0.05) is 41.6 Å². The third-order valence-electron chi connectivity index (χ3n) is 4.10. The molecule has 0 radical (unpaired) electrons. The summed E-state index contributed by atoms with van der Waals surface area (Å²) in [5, 5.41) is 8.46. The summed E-state index contributed by atoms with van der Waals surface area (Å²) in [6.07, 6.45) is 0. The second-order valence-electron chi connectivity index (χ2n) is 6.35. The quantitative estimate of drug-likeness (QED) is 0.531. The molecular weight excluding hydrogens is 374 g/mol. The molecule has 0 aliphatic heterocycles. The van der Waals surface area contributed by atoms with E-state index < -0.39 is 0 Å². The molecule has 0 saturated carbocycles. The Morgan fingerprint density at radius 1 is 1.11 bits per heavy atom. The molecule has 0 spiro atoms. The highest BCUT2D eigenvalue weighted by atomic mass is 32.2. The van der Waals surface area contributed by atoms with Gasteiger partial charge in [-0.15, -0.1) is 10.2 Å². The molecule has 2 aromatic carbocycles. The molecule has 0 N–H and O–H groups in total. The Labute approximate surface area is 168 Å². The zero-order valence-electron chi connectivity index (χ0n) is 16.2. The first kappa shape index (κ1) is 19.9.